The summed E-state index contributed by atoms with van der Waals surface area (Å²) in [5.41, 5.74) is 1.18. The number of carbonyl (C=O) groups excluding carboxylic acids is 3. The van der Waals surface area contributed by atoms with E-state index in [1.165, 1.54) is 42.3 Å². The number of tetrazole rings is 1. The Bertz CT molecular complexity index is 2030. The standard InChI is InChI=1S/C41H49F4N9O5/c1-4-59-36(55)28-52-22-24-53(25-23-52)39(57)46-40(31-8-6-5-7-9-31)17-20-51(21-18-40)19-16-30(29-10-12-32(42)13-11-29)27-50(2)37(56)34-26-33(14-15-35(34)58-3)54-38(41(43,44)45)47-48-49-54/h5-15,26,30H,4,16-25,27-28H2,1-3H3,(H,46,57). The molecule has 2 fully saturated rings. The molecule has 0 bridgehead atoms. The van der Waals surface area contributed by atoms with Gasteiger partial charge in [-0.15, -0.1) is 5.10 Å². The van der Waals surface area contributed by atoms with Crippen LogP contribution in [-0.4, -0.2) is 137 Å². The van der Waals surface area contributed by atoms with Gasteiger partial charge in [0.15, 0.2) is 0 Å². The van der Waals surface area contributed by atoms with Gasteiger partial charge in [-0.1, -0.05) is 42.5 Å². The Morgan fingerprint density at radius 3 is 2.27 bits per heavy atom. The lowest BCUT2D eigenvalue weighted by Crippen LogP contribution is -2.59. The number of nitrogens with zero attached hydrogens (tertiary/aromatic N) is 8. The first-order valence-electron chi connectivity index (χ1n) is 19.6. The summed E-state index contributed by atoms with van der Waals surface area (Å²) in [4.78, 5) is 47.3. The Hall–Kier alpha value is -5.62. The summed E-state index contributed by atoms with van der Waals surface area (Å²) in [7, 11) is 2.96. The van der Waals surface area contributed by atoms with Gasteiger partial charge >= 0.3 is 18.2 Å². The van der Waals surface area contributed by atoms with Crippen LogP contribution in [0.15, 0.2) is 72.8 Å². The summed E-state index contributed by atoms with van der Waals surface area (Å²) in [6, 6.07) is 19.9. The molecule has 0 spiro atoms. The Morgan fingerprint density at radius 1 is 0.932 bits per heavy atom. The quantitative estimate of drug-likeness (QED) is 0.137. The number of likely N-dealkylation sites (tertiary alicyclic amines) is 1. The number of carbonyl (C=O) groups is 3. The largest absolute Gasteiger partial charge is 0.496 e. The van der Waals surface area contributed by atoms with Crippen molar-refractivity contribution in [3.63, 3.8) is 0 Å². The number of nitrogens with one attached hydrogen (secondary N) is 1. The molecule has 4 aromatic rings. The minimum atomic E-state index is -4.83. The van der Waals surface area contributed by atoms with Crippen molar-refractivity contribution in [3.05, 3.63) is 101 Å². The fourth-order valence-electron chi connectivity index (χ4n) is 7.77. The molecular formula is C41H49F4N9O5. The highest BCUT2D eigenvalue weighted by molar-refractivity contribution is 5.97. The second-order valence-electron chi connectivity index (χ2n) is 14.8. The van der Waals surface area contributed by atoms with E-state index < -0.39 is 29.3 Å². The highest BCUT2D eigenvalue weighted by Crippen LogP contribution is 2.35. The van der Waals surface area contributed by atoms with Gasteiger partial charge in [0.2, 0.25) is 0 Å². The minimum Gasteiger partial charge on any atom is -0.496 e. The topological polar surface area (TPSA) is 138 Å². The third kappa shape index (κ3) is 10.5. The summed E-state index contributed by atoms with van der Waals surface area (Å²) in [6.07, 6.45) is -2.93. The highest BCUT2D eigenvalue weighted by Gasteiger charge is 2.40. The molecule has 1 atom stereocenters. The van der Waals surface area contributed by atoms with Gasteiger partial charge in [0.25, 0.3) is 11.7 Å². The van der Waals surface area contributed by atoms with Crippen LogP contribution >= 0.6 is 0 Å². The Morgan fingerprint density at radius 2 is 1.63 bits per heavy atom. The van der Waals surface area contributed by atoms with Crippen LogP contribution in [-0.2, 0) is 21.2 Å². The number of ether oxygens (including phenoxy) is 2. The van der Waals surface area contributed by atoms with Crippen LogP contribution in [0.2, 0.25) is 0 Å². The Labute approximate surface area is 340 Å². The number of likely N-dealkylation sites (N-methyl/N-ethyl adjacent to an activating group) is 1. The maximum absolute atomic E-state index is 14.1. The first kappa shape index (κ1) is 43.0. The van der Waals surface area contributed by atoms with Gasteiger partial charge in [0.1, 0.15) is 11.6 Å². The first-order valence-corrected chi connectivity index (χ1v) is 19.6. The van der Waals surface area contributed by atoms with Crippen molar-refractivity contribution in [1.29, 1.82) is 0 Å². The molecule has 3 heterocycles. The van der Waals surface area contributed by atoms with Crippen LogP contribution in [0.4, 0.5) is 22.4 Å². The summed E-state index contributed by atoms with van der Waals surface area (Å²) < 4.78 is 65.9. The zero-order valence-electron chi connectivity index (χ0n) is 33.3. The van der Waals surface area contributed by atoms with E-state index in [1.807, 2.05) is 35.2 Å². The Balaban J connectivity index is 1.12. The van der Waals surface area contributed by atoms with Crippen LogP contribution in [0.3, 0.4) is 0 Å². The molecular weight excluding hydrogens is 775 g/mol. The van der Waals surface area contributed by atoms with E-state index in [9.17, 15) is 31.9 Å². The van der Waals surface area contributed by atoms with E-state index in [2.05, 4.69) is 25.7 Å². The molecule has 6 rings (SSSR count). The number of piperazine rings is 1. The average molecular weight is 824 g/mol. The van der Waals surface area contributed by atoms with Crippen molar-refractivity contribution in [1.82, 2.24) is 45.1 Å². The number of piperidine rings is 1. The minimum absolute atomic E-state index is 0.0165. The lowest BCUT2D eigenvalue weighted by Gasteiger charge is -2.44. The van der Waals surface area contributed by atoms with Crippen molar-refractivity contribution in [2.75, 3.05) is 79.7 Å². The Kier molecular flexibility index (Phi) is 13.8. The van der Waals surface area contributed by atoms with E-state index in [1.54, 1.807) is 31.0 Å². The predicted octanol–water partition coefficient (Wildman–Crippen LogP) is 4.96. The van der Waals surface area contributed by atoms with Crippen molar-refractivity contribution in [3.8, 4) is 11.4 Å². The van der Waals surface area contributed by atoms with Crippen LogP contribution < -0.4 is 10.1 Å². The van der Waals surface area contributed by atoms with Crippen molar-refractivity contribution < 1.29 is 41.4 Å². The number of alkyl halides is 3. The number of benzene rings is 3. The molecule has 0 saturated carbocycles. The second-order valence-corrected chi connectivity index (χ2v) is 14.8. The van der Waals surface area contributed by atoms with Crippen molar-refractivity contribution in [2.45, 2.75) is 43.8 Å². The fraction of sp³-hybridized carbons (Fsp3) is 0.463. The molecule has 3 amide bonds. The second kappa shape index (κ2) is 19.0. The van der Waals surface area contributed by atoms with Crippen molar-refractivity contribution in [2.24, 2.45) is 0 Å². The van der Waals surface area contributed by atoms with E-state index in [4.69, 9.17) is 9.47 Å². The van der Waals surface area contributed by atoms with Crippen LogP contribution in [0.25, 0.3) is 5.69 Å². The number of hydrogen-bond donors (Lipinski definition) is 1. The van der Waals surface area contributed by atoms with Crippen molar-refractivity contribution >= 4 is 17.9 Å². The van der Waals surface area contributed by atoms with Crippen LogP contribution in [0.5, 0.6) is 5.75 Å². The number of hydrogen-bond acceptors (Lipinski definition) is 10. The van der Waals surface area contributed by atoms with Crippen LogP contribution in [0.1, 0.15) is 59.4 Å². The van der Waals surface area contributed by atoms with Crippen LogP contribution in [0, 0.1) is 5.82 Å². The molecule has 316 valence electrons. The lowest BCUT2D eigenvalue weighted by molar-refractivity contribution is -0.146. The third-order valence-corrected chi connectivity index (χ3v) is 11.1. The molecule has 0 radical (unpaired) electrons. The number of halogens is 4. The van der Waals surface area contributed by atoms with E-state index in [-0.39, 0.29) is 48.0 Å². The molecule has 3 aromatic carbocycles. The summed E-state index contributed by atoms with van der Waals surface area (Å²) in [5.74, 6) is -2.59. The molecule has 2 saturated heterocycles. The van der Waals surface area contributed by atoms with E-state index in [0.29, 0.717) is 76.4 Å². The zero-order chi connectivity index (χ0) is 42.2. The zero-order valence-corrected chi connectivity index (χ0v) is 33.3. The van der Waals surface area contributed by atoms with Gasteiger partial charge in [0, 0.05) is 58.8 Å². The third-order valence-electron chi connectivity index (χ3n) is 11.1. The maximum atomic E-state index is 14.1. The fourth-order valence-corrected chi connectivity index (χ4v) is 7.77. The van der Waals surface area contributed by atoms with Gasteiger partial charge < -0.3 is 29.5 Å². The number of urea groups is 1. The number of methoxy groups -OCH3 is 1. The molecule has 2 aliphatic rings. The molecule has 1 unspecified atom stereocenters. The average Bonchev–Trinajstić information content (AvgIpc) is 3.75. The van der Waals surface area contributed by atoms with Gasteiger partial charge in [-0.2, -0.15) is 17.9 Å². The normalized spacial score (nSPS) is 16.6. The summed E-state index contributed by atoms with van der Waals surface area (Å²) in [6.45, 7) is 6.61. The number of esters is 1. The lowest BCUT2D eigenvalue weighted by atomic mass is 9.80. The predicted molar refractivity (Wildman–Crippen MR) is 208 cm³/mol. The highest BCUT2D eigenvalue weighted by atomic mass is 19.4. The van der Waals surface area contributed by atoms with E-state index in [0.717, 1.165) is 11.1 Å². The summed E-state index contributed by atoms with van der Waals surface area (Å²) >= 11 is 0. The number of amides is 3. The molecule has 18 heteroatoms. The molecule has 1 N–H and O–H groups in total. The summed E-state index contributed by atoms with van der Waals surface area (Å²) in [5, 5.41) is 13.2. The van der Waals surface area contributed by atoms with E-state index >= 15 is 0 Å². The van der Waals surface area contributed by atoms with Gasteiger partial charge in [-0.05, 0) is 84.6 Å². The van der Waals surface area contributed by atoms with Gasteiger partial charge in [-0.25, -0.2) is 9.18 Å². The monoisotopic (exact) mass is 823 g/mol. The van der Waals surface area contributed by atoms with Gasteiger partial charge in [-0.3, -0.25) is 14.5 Å². The SMILES string of the molecule is CCOC(=O)CN1CCN(C(=O)NC2(c3ccccc3)CCN(CCC(CN(C)C(=O)c3cc(-n4nnnc4C(F)(F)F)ccc3OC)c3ccc(F)cc3)CC2)CC1. The first-order chi connectivity index (χ1) is 28.3. The molecule has 59 heavy (non-hydrogen) atoms. The number of aromatic nitrogens is 4. The smallest absolute Gasteiger partial charge is 0.453 e. The molecule has 2 aliphatic heterocycles. The molecule has 14 nitrogen and oxygen atoms in total. The maximum Gasteiger partial charge on any atom is 0.453 e. The molecule has 1 aromatic heterocycles. The van der Waals surface area contributed by atoms with Gasteiger partial charge in [0.05, 0.1) is 37.1 Å². The molecule has 0 aliphatic carbocycles. The number of rotatable bonds is 14.